The molecular formula is C19H21N3O3. The average Bonchev–Trinajstić information content (AvgIpc) is 2.60. The van der Waals surface area contributed by atoms with Crippen LogP contribution in [0.25, 0.3) is 11.1 Å². The number of aromatic nitrogens is 1. The van der Waals surface area contributed by atoms with Gasteiger partial charge in [-0.2, -0.15) is 0 Å². The van der Waals surface area contributed by atoms with E-state index >= 15 is 0 Å². The SMILES string of the molecule is COC(=O)c1ccc(-c2ccc3c(c2)C(N)CC(C)N3C(C)=O)cn1. The smallest absolute Gasteiger partial charge is 0.356 e. The molecule has 1 amide bonds. The highest BCUT2D eigenvalue weighted by Crippen LogP contribution is 2.38. The van der Waals surface area contributed by atoms with Crippen LogP contribution in [-0.2, 0) is 9.53 Å². The van der Waals surface area contributed by atoms with Crippen molar-refractivity contribution < 1.29 is 14.3 Å². The Balaban J connectivity index is 1.99. The van der Waals surface area contributed by atoms with Crippen LogP contribution in [0.5, 0.6) is 0 Å². The molecule has 0 bridgehead atoms. The van der Waals surface area contributed by atoms with Crippen LogP contribution in [0.15, 0.2) is 36.5 Å². The summed E-state index contributed by atoms with van der Waals surface area (Å²) in [4.78, 5) is 29.4. The fourth-order valence-electron chi connectivity index (χ4n) is 3.36. The maximum absolute atomic E-state index is 12.0. The summed E-state index contributed by atoms with van der Waals surface area (Å²) >= 11 is 0. The molecule has 0 aliphatic carbocycles. The highest BCUT2D eigenvalue weighted by Gasteiger charge is 2.30. The Hall–Kier alpha value is -2.73. The van der Waals surface area contributed by atoms with Crippen LogP contribution in [0.3, 0.4) is 0 Å². The third kappa shape index (κ3) is 3.13. The molecule has 2 atom stereocenters. The number of pyridine rings is 1. The summed E-state index contributed by atoms with van der Waals surface area (Å²) < 4.78 is 4.66. The van der Waals surface area contributed by atoms with Crippen LogP contribution >= 0.6 is 0 Å². The molecule has 1 aliphatic heterocycles. The number of methoxy groups -OCH3 is 1. The molecule has 0 fully saturated rings. The Morgan fingerprint density at radius 1 is 1.24 bits per heavy atom. The van der Waals surface area contributed by atoms with E-state index in [9.17, 15) is 9.59 Å². The lowest BCUT2D eigenvalue weighted by molar-refractivity contribution is -0.117. The van der Waals surface area contributed by atoms with Gasteiger partial charge in [0.25, 0.3) is 0 Å². The van der Waals surface area contributed by atoms with Crippen molar-refractivity contribution in [2.24, 2.45) is 5.73 Å². The molecule has 6 nitrogen and oxygen atoms in total. The number of carbonyl (C=O) groups excluding carboxylic acids is 2. The van der Waals surface area contributed by atoms with Crippen LogP contribution in [0.4, 0.5) is 5.69 Å². The summed E-state index contributed by atoms with van der Waals surface area (Å²) in [6, 6.07) is 9.26. The largest absolute Gasteiger partial charge is 0.464 e. The summed E-state index contributed by atoms with van der Waals surface area (Å²) in [5.74, 6) is -0.456. The highest BCUT2D eigenvalue weighted by atomic mass is 16.5. The van der Waals surface area contributed by atoms with E-state index in [1.165, 1.54) is 7.11 Å². The normalized spacial score (nSPS) is 19.3. The van der Waals surface area contributed by atoms with Gasteiger partial charge in [-0.05, 0) is 42.7 Å². The summed E-state index contributed by atoms with van der Waals surface area (Å²) in [6.45, 7) is 3.58. The number of benzene rings is 1. The van der Waals surface area contributed by atoms with Crippen molar-refractivity contribution in [3.05, 3.63) is 47.8 Å². The first kappa shape index (κ1) is 17.1. The van der Waals surface area contributed by atoms with Gasteiger partial charge in [0.2, 0.25) is 5.91 Å². The van der Waals surface area contributed by atoms with Crippen molar-refractivity contribution in [3.8, 4) is 11.1 Å². The maximum Gasteiger partial charge on any atom is 0.356 e. The minimum atomic E-state index is -0.467. The molecule has 0 spiro atoms. The lowest BCUT2D eigenvalue weighted by Crippen LogP contribution is -2.43. The quantitative estimate of drug-likeness (QED) is 0.850. The maximum atomic E-state index is 12.0. The van der Waals surface area contributed by atoms with Gasteiger partial charge in [0.1, 0.15) is 5.69 Å². The second kappa shape index (κ2) is 6.64. The van der Waals surface area contributed by atoms with Crippen molar-refractivity contribution in [3.63, 3.8) is 0 Å². The predicted molar refractivity (Wildman–Crippen MR) is 95.2 cm³/mol. The van der Waals surface area contributed by atoms with E-state index in [4.69, 9.17) is 5.73 Å². The molecule has 2 heterocycles. The zero-order chi connectivity index (χ0) is 18.1. The lowest BCUT2D eigenvalue weighted by atomic mass is 9.90. The van der Waals surface area contributed by atoms with E-state index in [1.54, 1.807) is 24.1 Å². The number of nitrogens with two attached hydrogens (primary N) is 1. The minimum Gasteiger partial charge on any atom is -0.464 e. The zero-order valence-electron chi connectivity index (χ0n) is 14.5. The van der Waals surface area contributed by atoms with Gasteiger partial charge >= 0.3 is 5.97 Å². The van der Waals surface area contributed by atoms with Gasteiger partial charge in [0, 0.05) is 36.5 Å². The van der Waals surface area contributed by atoms with Crippen LogP contribution in [0, 0.1) is 0 Å². The first-order chi connectivity index (χ1) is 11.9. The number of carbonyl (C=O) groups is 2. The van der Waals surface area contributed by atoms with Crippen molar-refractivity contribution >= 4 is 17.6 Å². The highest BCUT2D eigenvalue weighted by molar-refractivity contribution is 5.94. The van der Waals surface area contributed by atoms with E-state index < -0.39 is 5.97 Å². The van der Waals surface area contributed by atoms with Crippen LogP contribution in [0.2, 0.25) is 0 Å². The Morgan fingerprint density at radius 3 is 2.56 bits per heavy atom. The molecule has 1 aromatic heterocycles. The molecule has 25 heavy (non-hydrogen) atoms. The molecular weight excluding hydrogens is 318 g/mol. The van der Waals surface area contributed by atoms with Crippen molar-refractivity contribution in [1.82, 2.24) is 4.98 Å². The van der Waals surface area contributed by atoms with Gasteiger partial charge in [0.15, 0.2) is 0 Å². The van der Waals surface area contributed by atoms with Gasteiger partial charge < -0.3 is 15.4 Å². The summed E-state index contributed by atoms with van der Waals surface area (Å²) in [6.07, 6.45) is 2.35. The second-order valence-electron chi connectivity index (χ2n) is 6.28. The van der Waals surface area contributed by atoms with Crippen molar-refractivity contribution in [2.75, 3.05) is 12.0 Å². The Bertz CT molecular complexity index is 817. The van der Waals surface area contributed by atoms with Crippen molar-refractivity contribution in [1.29, 1.82) is 0 Å². The molecule has 3 rings (SSSR count). The molecule has 0 saturated carbocycles. The van der Waals surface area contributed by atoms with E-state index in [2.05, 4.69) is 9.72 Å². The first-order valence-corrected chi connectivity index (χ1v) is 8.16. The molecule has 0 saturated heterocycles. The van der Waals surface area contributed by atoms with Gasteiger partial charge in [-0.15, -0.1) is 0 Å². The minimum absolute atomic E-state index is 0.0116. The molecule has 2 unspecified atom stereocenters. The van der Waals surface area contributed by atoms with E-state index in [0.29, 0.717) is 0 Å². The molecule has 6 heteroatoms. The Kier molecular flexibility index (Phi) is 4.55. The number of hydrogen-bond acceptors (Lipinski definition) is 5. The van der Waals surface area contributed by atoms with E-state index in [-0.39, 0.29) is 23.7 Å². The molecule has 2 aromatic rings. The Labute approximate surface area is 146 Å². The summed E-state index contributed by atoms with van der Waals surface area (Å²) in [7, 11) is 1.32. The van der Waals surface area contributed by atoms with Gasteiger partial charge in [-0.3, -0.25) is 4.79 Å². The third-order valence-corrected chi connectivity index (χ3v) is 4.55. The molecule has 2 N–H and O–H groups in total. The average molecular weight is 339 g/mol. The second-order valence-corrected chi connectivity index (χ2v) is 6.28. The van der Waals surface area contributed by atoms with Crippen LogP contribution < -0.4 is 10.6 Å². The zero-order valence-corrected chi connectivity index (χ0v) is 14.5. The van der Waals surface area contributed by atoms with Crippen LogP contribution in [0.1, 0.15) is 42.4 Å². The third-order valence-electron chi connectivity index (χ3n) is 4.55. The number of ether oxygens (including phenoxy) is 1. The fourth-order valence-corrected chi connectivity index (χ4v) is 3.36. The lowest BCUT2D eigenvalue weighted by Gasteiger charge is -2.37. The topological polar surface area (TPSA) is 85.5 Å². The molecule has 130 valence electrons. The number of rotatable bonds is 2. The fraction of sp³-hybridized carbons (Fsp3) is 0.316. The first-order valence-electron chi connectivity index (χ1n) is 8.16. The van der Waals surface area contributed by atoms with Crippen LogP contribution in [-0.4, -0.2) is 30.0 Å². The monoisotopic (exact) mass is 339 g/mol. The number of anilines is 1. The van der Waals surface area contributed by atoms with Gasteiger partial charge in [-0.25, -0.2) is 9.78 Å². The standard InChI is InChI=1S/C19H21N3O3/c1-11-8-16(20)15-9-13(5-7-18(15)22(11)12(2)23)14-4-6-17(21-10-14)19(24)25-3/h4-7,9-11,16H,8,20H2,1-3H3. The number of fused-ring (bicyclic) bond motifs is 1. The number of nitrogens with zero attached hydrogens (tertiary/aromatic N) is 2. The summed E-state index contributed by atoms with van der Waals surface area (Å²) in [5.41, 5.74) is 10.2. The van der Waals surface area contributed by atoms with E-state index in [1.807, 2.05) is 31.2 Å². The predicted octanol–water partition coefficient (Wildman–Crippen LogP) is 2.68. The summed E-state index contributed by atoms with van der Waals surface area (Å²) in [5, 5.41) is 0. The molecule has 0 radical (unpaired) electrons. The van der Waals surface area contributed by atoms with Gasteiger partial charge in [-0.1, -0.05) is 12.1 Å². The molecule has 1 aromatic carbocycles. The molecule has 1 aliphatic rings. The van der Waals surface area contributed by atoms with Gasteiger partial charge in [0.05, 0.1) is 7.11 Å². The number of esters is 1. The van der Waals surface area contributed by atoms with E-state index in [0.717, 1.165) is 28.8 Å². The number of hydrogen-bond donors (Lipinski definition) is 1. The number of amides is 1. The van der Waals surface area contributed by atoms with Crippen molar-refractivity contribution in [2.45, 2.75) is 32.4 Å². The Morgan fingerprint density at radius 2 is 1.96 bits per heavy atom.